The van der Waals surface area contributed by atoms with Crippen molar-refractivity contribution in [1.29, 1.82) is 0 Å². The van der Waals surface area contributed by atoms with Gasteiger partial charge in [-0.1, -0.05) is 0 Å². The highest BCUT2D eigenvalue weighted by atomic mass is 79.9. The smallest absolute Gasteiger partial charge is 0.136 e. The van der Waals surface area contributed by atoms with E-state index in [1.807, 2.05) is 6.07 Å². The van der Waals surface area contributed by atoms with Gasteiger partial charge in [0.05, 0.1) is 30.0 Å². The first kappa shape index (κ1) is 13.1. The summed E-state index contributed by atoms with van der Waals surface area (Å²) in [6, 6.07) is 1.72. The topological polar surface area (TPSA) is 51.6 Å². The molecule has 1 fully saturated rings. The Kier molecular flexibility index (Phi) is 3.92. The molecule has 1 aliphatic rings. The fourth-order valence-electron chi connectivity index (χ4n) is 2.18. The number of rotatable bonds is 3. The lowest BCUT2D eigenvalue weighted by atomic mass is 9.91. The molecule has 1 aromatic rings. The standard InChI is InChI=1S/C12H19BrN2O2/c1-12(2,15-4-7-16-8-5-15)11(14)10-9(13)3-6-17-10/h3,6,11H,4-5,7-8,14H2,1-2H3. The van der Waals surface area contributed by atoms with Gasteiger partial charge in [0.2, 0.25) is 0 Å². The number of furan rings is 1. The minimum absolute atomic E-state index is 0.149. The van der Waals surface area contributed by atoms with E-state index in [1.165, 1.54) is 0 Å². The maximum Gasteiger partial charge on any atom is 0.136 e. The van der Waals surface area contributed by atoms with E-state index in [-0.39, 0.29) is 11.6 Å². The Labute approximate surface area is 110 Å². The quantitative estimate of drug-likeness (QED) is 0.929. The van der Waals surface area contributed by atoms with E-state index in [4.69, 9.17) is 14.9 Å². The van der Waals surface area contributed by atoms with Gasteiger partial charge in [0, 0.05) is 18.6 Å². The zero-order chi connectivity index (χ0) is 12.5. The largest absolute Gasteiger partial charge is 0.466 e. The third kappa shape index (κ3) is 2.57. The molecule has 0 spiro atoms. The Hall–Kier alpha value is -0.360. The van der Waals surface area contributed by atoms with Gasteiger partial charge in [-0.3, -0.25) is 4.90 Å². The van der Waals surface area contributed by atoms with E-state index >= 15 is 0 Å². The molecule has 0 radical (unpaired) electrons. The van der Waals surface area contributed by atoms with E-state index in [9.17, 15) is 0 Å². The van der Waals surface area contributed by atoms with Gasteiger partial charge in [-0.15, -0.1) is 0 Å². The lowest BCUT2D eigenvalue weighted by Crippen LogP contribution is -2.55. The second-order valence-electron chi connectivity index (χ2n) is 4.86. The lowest BCUT2D eigenvalue weighted by Gasteiger charge is -2.43. The van der Waals surface area contributed by atoms with Gasteiger partial charge in [0.15, 0.2) is 0 Å². The Morgan fingerprint density at radius 1 is 1.41 bits per heavy atom. The fraction of sp³-hybridized carbons (Fsp3) is 0.667. The van der Waals surface area contributed by atoms with E-state index in [1.54, 1.807) is 6.26 Å². The van der Waals surface area contributed by atoms with Gasteiger partial charge in [-0.2, -0.15) is 0 Å². The van der Waals surface area contributed by atoms with Crippen molar-refractivity contribution >= 4 is 15.9 Å². The maximum atomic E-state index is 6.34. The SMILES string of the molecule is CC(C)(C(N)c1occc1Br)N1CCOCC1. The van der Waals surface area contributed by atoms with Crippen molar-refractivity contribution in [2.45, 2.75) is 25.4 Å². The van der Waals surface area contributed by atoms with E-state index < -0.39 is 0 Å². The number of nitrogens with two attached hydrogens (primary N) is 1. The van der Waals surface area contributed by atoms with Crippen LogP contribution in [0.3, 0.4) is 0 Å². The molecule has 0 amide bonds. The van der Waals surface area contributed by atoms with Crippen LogP contribution in [0.2, 0.25) is 0 Å². The van der Waals surface area contributed by atoms with Crippen molar-refractivity contribution in [3.05, 3.63) is 22.6 Å². The van der Waals surface area contributed by atoms with Crippen molar-refractivity contribution in [2.75, 3.05) is 26.3 Å². The molecule has 1 aliphatic heterocycles. The zero-order valence-corrected chi connectivity index (χ0v) is 11.9. The highest BCUT2D eigenvalue weighted by Gasteiger charge is 2.37. The molecule has 1 aromatic heterocycles. The number of halogens is 1. The second-order valence-corrected chi connectivity index (χ2v) is 5.72. The minimum atomic E-state index is -0.162. The third-order valence-corrected chi connectivity index (χ3v) is 4.17. The summed E-state index contributed by atoms with van der Waals surface area (Å²) in [4.78, 5) is 2.36. The number of morpholine rings is 1. The molecule has 0 aliphatic carbocycles. The number of hydrogen-bond donors (Lipinski definition) is 1. The van der Waals surface area contributed by atoms with Crippen molar-refractivity contribution in [3.8, 4) is 0 Å². The minimum Gasteiger partial charge on any atom is -0.466 e. The van der Waals surface area contributed by atoms with Crippen LogP contribution in [0.5, 0.6) is 0 Å². The monoisotopic (exact) mass is 302 g/mol. The van der Waals surface area contributed by atoms with Crippen molar-refractivity contribution in [2.24, 2.45) is 5.73 Å². The molecule has 4 nitrogen and oxygen atoms in total. The summed E-state index contributed by atoms with van der Waals surface area (Å²) >= 11 is 3.47. The molecule has 17 heavy (non-hydrogen) atoms. The van der Waals surface area contributed by atoms with Gasteiger partial charge < -0.3 is 14.9 Å². The van der Waals surface area contributed by atoms with Gasteiger partial charge in [-0.25, -0.2) is 0 Å². The molecular weight excluding hydrogens is 284 g/mol. The Bertz CT molecular complexity index is 372. The molecular formula is C12H19BrN2O2. The Balaban J connectivity index is 2.16. The van der Waals surface area contributed by atoms with E-state index in [0.29, 0.717) is 0 Å². The number of hydrogen-bond acceptors (Lipinski definition) is 4. The average Bonchev–Trinajstić information content (AvgIpc) is 2.75. The van der Waals surface area contributed by atoms with Crippen LogP contribution in [-0.4, -0.2) is 36.7 Å². The summed E-state index contributed by atoms with van der Waals surface area (Å²) in [7, 11) is 0. The molecule has 2 heterocycles. The van der Waals surface area contributed by atoms with Crippen LogP contribution in [0.1, 0.15) is 25.6 Å². The van der Waals surface area contributed by atoms with Crippen molar-refractivity contribution in [1.82, 2.24) is 4.90 Å². The highest BCUT2D eigenvalue weighted by Crippen LogP contribution is 2.34. The van der Waals surface area contributed by atoms with Crippen LogP contribution in [0.25, 0.3) is 0 Å². The summed E-state index contributed by atoms with van der Waals surface area (Å²) in [5.74, 6) is 0.807. The fourth-order valence-corrected chi connectivity index (χ4v) is 2.63. The van der Waals surface area contributed by atoms with Crippen LogP contribution < -0.4 is 5.73 Å². The van der Waals surface area contributed by atoms with Gasteiger partial charge in [-0.05, 0) is 35.8 Å². The van der Waals surface area contributed by atoms with E-state index in [2.05, 4.69) is 34.7 Å². The lowest BCUT2D eigenvalue weighted by molar-refractivity contribution is -0.0213. The third-order valence-electron chi connectivity index (χ3n) is 3.51. The summed E-state index contributed by atoms with van der Waals surface area (Å²) in [6.07, 6.45) is 1.66. The molecule has 0 aromatic carbocycles. The Morgan fingerprint density at radius 2 is 2.06 bits per heavy atom. The van der Waals surface area contributed by atoms with Gasteiger partial charge >= 0.3 is 0 Å². The summed E-state index contributed by atoms with van der Waals surface area (Å²) in [5.41, 5.74) is 6.19. The predicted octanol–water partition coefficient (Wildman–Crippen LogP) is 2.15. The molecule has 1 saturated heterocycles. The van der Waals surface area contributed by atoms with Gasteiger partial charge in [0.1, 0.15) is 5.76 Å². The average molecular weight is 303 g/mol. The normalized spacial score (nSPS) is 20.5. The molecule has 96 valence electrons. The zero-order valence-electron chi connectivity index (χ0n) is 10.3. The second kappa shape index (κ2) is 5.10. The van der Waals surface area contributed by atoms with E-state index in [0.717, 1.165) is 36.5 Å². The number of ether oxygens (including phenoxy) is 1. The Morgan fingerprint density at radius 3 is 2.59 bits per heavy atom. The molecule has 0 bridgehead atoms. The van der Waals surface area contributed by atoms with Crippen LogP contribution in [0, 0.1) is 0 Å². The first-order valence-corrected chi connectivity index (χ1v) is 6.64. The number of nitrogens with zero attached hydrogens (tertiary/aromatic N) is 1. The molecule has 5 heteroatoms. The van der Waals surface area contributed by atoms with Crippen molar-refractivity contribution < 1.29 is 9.15 Å². The van der Waals surface area contributed by atoms with Gasteiger partial charge in [0.25, 0.3) is 0 Å². The highest BCUT2D eigenvalue weighted by molar-refractivity contribution is 9.10. The molecule has 2 N–H and O–H groups in total. The summed E-state index contributed by atoms with van der Waals surface area (Å²) in [5, 5.41) is 0. The van der Waals surface area contributed by atoms with Crippen molar-refractivity contribution in [3.63, 3.8) is 0 Å². The predicted molar refractivity (Wildman–Crippen MR) is 69.8 cm³/mol. The van der Waals surface area contributed by atoms with Crippen LogP contribution in [-0.2, 0) is 4.74 Å². The summed E-state index contributed by atoms with van der Waals surface area (Å²) < 4.78 is 11.8. The van der Waals surface area contributed by atoms with Crippen LogP contribution >= 0.6 is 15.9 Å². The first-order chi connectivity index (χ1) is 8.03. The van der Waals surface area contributed by atoms with Crippen LogP contribution in [0.15, 0.2) is 21.2 Å². The first-order valence-electron chi connectivity index (χ1n) is 5.84. The molecule has 1 unspecified atom stereocenters. The molecule has 2 rings (SSSR count). The maximum absolute atomic E-state index is 6.34. The summed E-state index contributed by atoms with van der Waals surface area (Å²) in [6.45, 7) is 7.68. The van der Waals surface area contributed by atoms with Crippen LogP contribution in [0.4, 0.5) is 0 Å². The molecule has 1 atom stereocenters. The molecule has 0 saturated carbocycles.